The third-order valence-electron chi connectivity index (χ3n) is 2.31. The maximum absolute atomic E-state index is 11.5. The molecule has 0 aliphatic rings. The first kappa shape index (κ1) is 9.68. The van der Waals surface area contributed by atoms with Crippen LogP contribution in [0, 0.1) is 0 Å². The Morgan fingerprint density at radius 1 is 1.40 bits per heavy atom. The highest BCUT2D eigenvalue weighted by atomic mass is 16.4. The molecule has 0 aliphatic carbocycles. The Labute approximate surface area is 86.3 Å². The van der Waals surface area contributed by atoms with Crippen molar-refractivity contribution in [2.45, 2.75) is 6.61 Å². The zero-order valence-electron chi connectivity index (χ0n) is 8.06. The summed E-state index contributed by atoms with van der Waals surface area (Å²) in [7, 11) is 0. The fraction of sp³-hybridized carbons (Fsp3) is 0.0833. The first-order valence-electron chi connectivity index (χ1n) is 4.56. The molecule has 1 aromatic heterocycles. The molecular formula is C12H10O3. The number of hydrogen-bond donors (Lipinski definition) is 1. The van der Waals surface area contributed by atoms with Crippen LogP contribution in [-0.2, 0) is 6.61 Å². The van der Waals surface area contributed by atoms with Crippen LogP contribution in [-0.4, -0.2) is 5.11 Å². The molecule has 0 spiro atoms. The van der Waals surface area contributed by atoms with Crippen molar-refractivity contribution in [3.05, 3.63) is 52.4 Å². The van der Waals surface area contributed by atoms with Crippen molar-refractivity contribution < 1.29 is 9.52 Å². The molecule has 3 nitrogen and oxygen atoms in total. The second-order valence-corrected chi connectivity index (χ2v) is 3.14. The van der Waals surface area contributed by atoms with Gasteiger partial charge in [-0.1, -0.05) is 30.9 Å². The molecule has 76 valence electrons. The van der Waals surface area contributed by atoms with E-state index >= 15 is 0 Å². The summed E-state index contributed by atoms with van der Waals surface area (Å²) in [6.45, 7) is 3.30. The third-order valence-corrected chi connectivity index (χ3v) is 2.31. The number of rotatable bonds is 2. The van der Waals surface area contributed by atoms with Crippen molar-refractivity contribution in [1.82, 2.24) is 0 Å². The highest BCUT2D eigenvalue weighted by molar-refractivity contribution is 5.87. The van der Waals surface area contributed by atoms with E-state index in [-0.39, 0.29) is 12.2 Å². The Kier molecular flexibility index (Phi) is 2.39. The minimum atomic E-state index is -0.508. The van der Waals surface area contributed by atoms with E-state index in [0.717, 1.165) is 5.39 Å². The van der Waals surface area contributed by atoms with Gasteiger partial charge in [0.1, 0.15) is 5.58 Å². The zero-order chi connectivity index (χ0) is 10.8. The highest BCUT2D eigenvalue weighted by Gasteiger charge is 2.10. The van der Waals surface area contributed by atoms with Gasteiger partial charge in [0, 0.05) is 5.39 Å². The van der Waals surface area contributed by atoms with Crippen LogP contribution < -0.4 is 5.63 Å². The van der Waals surface area contributed by atoms with Gasteiger partial charge in [-0.15, -0.1) is 0 Å². The normalized spacial score (nSPS) is 10.5. The van der Waals surface area contributed by atoms with Crippen molar-refractivity contribution in [1.29, 1.82) is 0 Å². The van der Waals surface area contributed by atoms with E-state index in [1.807, 2.05) is 12.1 Å². The lowest BCUT2D eigenvalue weighted by molar-refractivity contribution is 0.276. The summed E-state index contributed by atoms with van der Waals surface area (Å²) in [6, 6.07) is 7.17. The molecule has 15 heavy (non-hydrogen) atoms. The molecular weight excluding hydrogens is 192 g/mol. The summed E-state index contributed by atoms with van der Waals surface area (Å²) >= 11 is 0. The summed E-state index contributed by atoms with van der Waals surface area (Å²) in [5, 5.41) is 9.87. The van der Waals surface area contributed by atoms with Gasteiger partial charge in [-0.2, -0.15) is 0 Å². The standard InChI is InChI=1S/C12H10O3/c1-2-8-9-5-3-4-6-11(9)15-12(14)10(8)7-13/h2-6,13H,1,7H2. The molecule has 2 rings (SSSR count). The van der Waals surface area contributed by atoms with Crippen LogP contribution in [0.2, 0.25) is 0 Å². The van der Waals surface area contributed by atoms with Crippen molar-refractivity contribution in [2.75, 3.05) is 0 Å². The number of benzene rings is 1. The molecule has 0 unspecified atom stereocenters. The molecule has 0 saturated carbocycles. The van der Waals surface area contributed by atoms with Gasteiger partial charge in [-0.3, -0.25) is 0 Å². The Bertz CT molecular complexity index is 567. The van der Waals surface area contributed by atoms with Crippen LogP contribution in [0.4, 0.5) is 0 Å². The first-order chi connectivity index (χ1) is 7.27. The number of fused-ring (bicyclic) bond motifs is 1. The molecule has 0 fully saturated rings. The summed E-state index contributed by atoms with van der Waals surface area (Å²) in [6.07, 6.45) is 1.56. The predicted molar refractivity (Wildman–Crippen MR) is 58.5 cm³/mol. The maximum Gasteiger partial charge on any atom is 0.342 e. The van der Waals surface area contributed by atoms with Crippen molar-refractivity contribution in [3.63, 3.8) is 0 Å². The fourth-order valence-electron chi connectivity index (χ4n) is 1.60. The molecule has 0 saturated heterocycles. The average molecular weight is 202 g/mol. The van der Waals surface area contributed by atoms with E-state index in [1.165, 1.54) is 0 Å². The van der Waals surface area contributed by atoms with Crippen LogP contribution in [0.15, 0.2) is 40.1 Å². The van der Waals surface area contributed by atoms with Gasteiger partial charge in [0.15, 0.2) is 0 Å². The lowest BCUT2D eigenvalue weighted by Gasteiger charge is -2.04. The summed E-state index contributed by atoms with van der Waals surface area (Å²) in [5.74, 6) is 0. The minimum absolute atomic E-state index is 0.253. The topological polar surface area (TPSA) is 50.4 Å². The van der Waals surface area contributed by atoms with Gasteiger partial charge in [0.25, 0.3) is 0 Å². The predicted octanol–water partition coefficient (Wildman–Crippen LogP) is 1.93. The van der Waals surface area contributed by atoms with Crippen molar-refractivity contribution in [3.8, 4) is 0 Å². The molecule has 0 atom stereocenters. The van der Waals surface area contributed by atoms with Crippen LogP contribution in [0.3, 0.4) is 0 Å². The second-order valence-electron chi connectivity index (χ2n) is 3.14. The number of aliphatic hydroxyl groups excluding tert-OH is 1. The van der Waals surface area contributed by atoms with Crippen LogP contribution in [0.5, 0.6) is 0 Å². The van der Waals surface area contributed by atoms with Gasteiger partial charge >= 0.3 is 5.63 Å². The van der Waals surface area contributed by atoms with Crippen molar-refractivity contribution >= 4 is 17.0 Å². The van der Waals surface area contributed by atoms with Gasteiger partial charge in [0.05, 0.1) is 12.2 Å². The van der Waals surface area contributed by atoms with Gasteiger partial charge < -0.3 is 9.52 Å². The van der Waals surface area contributed by atoms with Crippen molar-refractivity contribution in [2.24, 2.45) is 0 Å². The lowest BCUT2D eigenvalue weighted by Crippen LogP contribution is -2.09. The van der Waals surface area contributed by atoms with Gasteiger partial charge in [-0.25, -0.2) is 4.79 Å². The quantitative estimate of drug-likeness (QED) is 0.757. The molecule has 0 bridgehead atoms. The largest absolute Gasteiger partial charge is 0.422 e. The smallest absolute Gasteiger partial charge is 0.342 e. The molecule has 0 radical (unpaired) electrons. The van der Waals surface area contributed by atoms with Crippen LogP contribution in [0.1, 0.15) is 11.1 Å². The van der Waals surface area contributed by atoms with E-state index in [4.69, 9.17) is 9.52 Å². The first-order valence-corrected chi connectivity index (χ1v) is 4.56. The third kappa shape index (κ3) is 1.47. The number of hydrogen-bond acceptors (Lipinski definition) is 3. The number of para-hydroxylation sites is 1. The van der Waals surface area contributed by atoms with E-state index in [9.17, 15) is 4.79 Å². The average Bonchev–Trinajstić information content (AvgIpc) is 2.27. The van der Waals surface area contributed by atoms with Gasteiger partial charge in [0.2, 0.25) is 0 Å². The lowest BCUT2D eigenvalue weighted by atomic mass is 10.1. The molecule has 1 N–H and O–H groups in total. The number of aliphatic hydroxyl groups is 1. The monoisotopic (exact) mass is 202 g/mol. The van der Waals surface area contributed by atoms with Crippen LogP contribution >= 0.6 is 0 Å². The van der Waals surface area contributed by atoms with Crippen LogP contribution in [0.25, 0.3) is 17.0 Å². The molecule has 1 aromatic carbocycles. The molecule has 1 heterocycles. The molecule has 2 aromatic rings. The Morgan fingerprint density at radius 3 is 2.80 bits per heavy atom. The summed E-state index contributed by atoms with van der Waals surface area (Å²) < 4.78 is 5.06. The second kappa shape index (κ2) is 3.71. The maximum atomic E-state index is 11.5. The van der Waals surface area contributed by atoms with Gasteiger partial charge in [-0.05, 0) is 11.6 Å². The zero-order valence-corrected chi connectivity index (χ0v) is 8.06. The van der Waals surface area contributed by atoms with E-state index in [1.54, 1.807) is 18.2 Å². The Hall–Kier alpha value is -1.87. The SMILES string of the molecule is C=Cc1c(CO)c(=O)oc2ccccc12. The molecule has 3 heteroatoms. The fourth-order valence-corrected chi connectivity index (χ4v) is 1.60. The van der Waals surface area contributed by atoms with E-state index < -0.39 is 5.63 Å². The molecule has 0 aliphatic heterocycles. The van der Waals surface area contributed by atoms with E-state index in [0.29, 0.717) is 11.1 Å². The van der Waals surface area contributed by atoms with E-state index in [2.05, 4.69) is 6.58 Å². The minimum Gasteiger partial charge on any atom is -0.422 e. The highest BCUT2D eigenvalue weighted by Crippen LogP contribution is 2.20. The molecule has 0 amide bonds. The summed E-state index contributed by atoms with van der Waals surface area (Å²) in [5.41, 5.74) is 0.897. The summed E-state index contributed by atoms with van der Waals surface area (Å²) in [4.78, 5) is 11.5. The Balaban J connectivity index is 2.97. The Morgan fingerprint density at radius 2 is 2.13 bits per heavy atom.